The summed E-state index contributed by atoms with van der Waals surface area (Å²) in [5, 5.41) is 15.1. The summed E-state index contributed by atoms with van der Waals surface area (Å²) in [6.45, 7) is 5.73. The number of rotatable bonds is 3. The van der Waals surface area contributed by atoms with Gasteiger partial charge in [-0.05, 0) is 63.5 Å². The smallest absolute Gasteiger partial charge is 0.278 e. The lowest BCUT2D eigenvalue weighted by Gasteiger charge is -2.23. The zero-order valence-corrected chi connectivity index (χ0v) is 15.2. The molecule has 1 aliphatic heterocycles. The second-order valence-electron chi connectivity index (χ2n) is 5.86. The summed E-state index contributed by atoms with van der Waals surface area (Å²) in [6.07, 6.45) is 2.00. The Balaban J connectivity index is 0.00000208. The van der Waals surface area contributed by atoms with Crippen LogP contribution in [0.5, 0.6) is 0 Å². The van der Waals surface area contributed by atoms with E-state index >= 15 is 0 Å². The van der Waals surface area contributed by atoms with Gasteiger partial charge in [-0.3, -0.25) is 4.79 Å². The van der Waals surface area contributed by atoms with Crippen LogP contribution in [0, 0.1) is 13.8 Å². The van der Waals surface area contributed by atoms with Crippen molar-refractivity contribution in [1.29, 1.82) is 0 Å². The van der Waals surface area contributed by atoms with Crippen LogP contribution < -0.4 is 10.6 Å². The number of benzene rings is 1. The number of nitrogens with one attached hydrogen (secondary N) is 2. The lowest BCUT2D eigenvalue weighted by atomic mass is 10.1. The molecule has 1 amide bonds. The van der Waals surface area contributed by atoms with Crippen LogP contribution in [0.1, 0.15) is 40.6 Å². The van der Waals surface area contributed by atoms with Crippen LogP contribution >= 0.6 is 24.0 Å². The van der Waals surface area contributed by atoms with Crippen molar-refractivity contribution in [2.45, 2.75) is 32.7 Å². The fourth-order valence-electron chi connectivity index (χ4n) is 2.90. The lowest BCUT2D eigenvalue weighted by molar-refractivity contribution is 0.102. The van der Waals surface area contributed by atoms with Crippen molar-refractivity contribution < 1.29 is 4.79 Å². The first-order valence-electron chi connectivity index (χ1n) is 7.76. The number of aryl methyl sites for hydroxylation is 1. The van der Waals surface area contributed by atoms with Crippen molar-refractivity contribution in [1.82, 2.24) is 20.3 Å². The van der Waals surface area contributed by atoms with Crippen molar-refractivity contribution in [3.63, 3.8) is 0 Å². The molecule has 1 aromatic heterocycles. The topological polar surface area (TPSA) is 71.8 Å². The molecule has 2 aromatic rings. The summed E-state index contributed by atoms with van der Waals surface area (Å²) in [4.78, 5) is 12.5. The fourth-order valence-corrected chi connectivity index (χ4v) is 3.12. The monoisotopic (exact) mass is 369 g/mol. The van der Waals surface area contributed by atoms with E-state index in [1.807, 2.05) is 24.6 Å². The van der Waals surface area contributed by atoms with Gasteiger partial charge in [0.1, 0.15) is 0 Å². The minimum Gasteiger partial charge on any atom is -0.320 e. The van der Waals surface area contributed by atoms with E-state index in [2.05, 4.69) is 20.9 Å². The summed E-state index contributed by atoms with van der Waals surface area (Å²) < 4.78 is 1.88. The predicted octanol–water partition coefficient (Wildman–Crippen LogP) is 3.15. The molecule has 6 nitrogen and oxygen atoms in total. The van der Waals surface area contributed by atoms with Gasteiger partial charge in [-0.1, -0.05) is 16.8 Å². The van der Waals surface area contributed by atoms with Gasteiger partial charge in [-0.25, -0.2) is 4.68 Å². The van der Waals surface area contributed by atoms with Gasteiger partial charge < -0.3 is 10.6 Å². The SMILES string of the molecule is Cc1cc(Cl)ccc1NC(=O)c1nnn(C2CCNCC2)c1C.Cl. The third-order valence-electron chi connectivity index (χ3n) is 4.23. The van der Waals surface area contributed by atoms with Gasteiger partial charge in [-0.15, -0.1) is 17.5 Å². The van der Waals surface area contributed by atoms with Crippen LogP contribution in [0.25, 0.3) is 0 Å². The molecule has 3 rings (SSSR count). The van der Waals surface area contributed by atoms with E-state index in [0.717, 1.165) is 42.9 Å². The van der Waals surface area contributed by atoms with Crippen molar-refractivity contribution in [2.24, 2.45) is 0 Å². The zero-order chi connectivity index (χ0) is 16.4. The molecule has 1 aromatic carbocycles. The van der Waals surface area contributed by atoms with E-state index in [4.69, 9.17) is 11.6 Å². The standard InChI is InChI=1S/C16H20ClN5O.ClH/c1-10-9-12(17)3-4-14(10)19-16(23)15-11(2)22(21-20-15)13-5-7-18-8-6-13;/h3-4,9,13,18H,5-8H2,1-2H3,(H,19,23);1H. The Labute approximate surface area is 152 Å². The largest absolute Gasteiger partial charge is 0.320 e. The van der Waals surface area contributed by atoms with Gasteiger partial charge in [0.25, 0.3) is 5.91 Å². The fraction of sp³-hybridized carbons (Fsp3) is 0.438. The number of nitrogens with zero attached hydrogens (tertiary/aromatic N) is 3. The van der Waals surface area contributed by atoms with Gasteiger partial charge in [-0.2, -0.15) is 0 Å². The van der Waals surface area contributed by atoms with Crippen molar-refractivity contribution in [3.8, 4) is 0 Å². The van der Waals surface area contributed by atoms with E-state index in [0.29, 0.717) is 16.8 Å². The minimum absolute atomic E-state index is 0. The normalized spacial score (nSPS) is 15.0. The summed E-state index contributed by atoms with van der Waals surface area (Å²) in [5.74, 6) is -0.242. The number of carbonyl (C=O) groups excluding carboxylic acids is 1. The van der Waals surface area contributed by atoms with Gasteiger partial charge in [0.2, 0.25) is 0 Å². The molecular weight excluding hydrogens is 349 g/mol. The lowest BCUT2D eigenvalue weighted by Crippen LogP contribution is -2.30. The zero-order valence-electron chi connectivity index (χ0n) is 13.7. The van der Waals surface area contributed by atoms with Crippen LogP contribution in [0.3, 0.4) is 0 Å². The highest BCUT2D eigenvalue weighted by atomic mass is 35.5. The van der Waals surface area contributed by atoms with Gasteiger partial charge in [0.15, 0.2) is 5.69 Å². The highest BCUT2D eigenvalue weighted by Gasteiger charge is 2.23. The second-order valence-corrected chi connectivity index (χ2v) is 6.30. The molecule has 0 unspecified atom stereocenters. The number of piperidine rings is 1. The maximum Gasteiger partial charge on any atom is 0.278 e. The molecule has 0 aliphatic carbocycles. The Bertz CT molecular complexity index is 725. The second kappa shape index (κ2) is 7.96. The Morgan fingerprint density at radius 1 is 1.33 bits per heavy atom. The van der Waals surface area contributed by atoms with Crippen LogP contribution in [0.4, 0.5) is 5.69 Å². The summed E-state index contributed by atoms with van der Waals surface area (Å²) in [5.41, 5.74) is 2.82. The third-order valence-corrected chi connectivity index (χ3v) is 4.47. The Morgan fingerprint density at radius 2 is 2.04 bits per heavy atom. The van der Waals surface area contributed by atoms with E-state index in [1.165, 1.54) is 0 Å². The molecule has 0 atom stereocenters. The summed E-state index contributed by atoms with van der Waals surface area (Å²) in [7, 11) is 0. The first-order valence-corrected chi connectivity index (χ1v) is 8.14. The molecular formula is C16H21Cl2N5O. The highest BCUT2D eigenvalue weighted by Crippen LogP contribution is 2.22. The van der Waals surface area contributed by atoms with Crippen LogP contribution in [0.2, 0.25) is 5.02 Å². The van der Waals surface area contributed by atoms with E-state index in [9.17, 15) is 4.79 Å². The van der Waals surface area contributed by atoms with Crippen molar-refractivity contribution in [3.05, 3.63) is 40.2 Å². The van der Waals surface area contributed by atoms with Crippen molar-refractivity contribution >= 4 is 35.6 Å². The third kappa shape index (κ3) is 3.88. The maximum absolute atomic E-state index is 12.5. The number of amides is 1. The molecule has 0 bridgehead atoms. The predicted molar refractivity (Wildman–Crippen MR) is 97.3 cm³/mol. The van der Waals surface area contributed by atoms with Crippen LogP contribution in [-0.4, -0.2) is 34.0 Å². The quantitative estimate of drug-likeness (QED) is 0.871. The molecule has 8 heteroatoms. The Hall–Kier alpha value is -1.63. The van der Waals surface area contributed by atoms with E-state index < -0.39 is 0 Å². The van der Waals surface area contributed by atoms with Crippen LogP contribution in [0.15, 0.2) is 18.2 Å². The number of aromatic nitrogens is 3. The Morgan fingerprint density at radius 3 is 2.71 bits per heavy atom. The molecule has 0 spiro atoms. The molecule has 2 N–H and O–H groups in total. The first-order chi connectivity index (χ1) is 11.1. The Kier molecular flexibility index (Phi) is 6.21. The number of carbonyl (C=O) groups is 1. The molecule has 0 radical (unpaired) electrons. The number of halogens is 2. The van der Waals surface area contributed by atoms with Gasteiger partial charge in [0.05, 0.1) is 11.7 Å². The highest BCUT2D eigenvalue weighted by molar-refractivity contribution is 6.30. The number of hydrogen-bond acceptors (Lipinski definition) is 4. The molecule has 130 valence electrons. The molecule has 24 heavy (non-hydrogen) atoms. The number of hydrogen-bond donors (Lipinski definition) is 2. The number of anilines is 1. The molecule has 1 fully saturated rings. The summed E-state index contributed by atoms with van der Waals surface area (Å²) >= 11 is 5.94. The van der Waals surface area contributed by atoms with Crippen molar-refractivity contribution in [2.75, 3.05) is 18.4 Å². The average Bonchev–Trinajstić information content (AvgIpc) is 2.92. The van der Waals surface area contributed by atoms with Crippen LogP contribution in [-0.2, 0) is 0 Å². The maximum atomic E-state index is 12.5. The molecule has 2 heterocycles. The average molecular weight is 370 g/mol. The van der Waals surface area contributed by atoms with E-state index in [-0.39, 0.29) is 18.3 Å². The minimum atomic E-state index is -0.242. The molecule has 1 aliphatic rings. The molecule has 0 saturated carbocycles. The molecule has 1 saturated heterocycles. The first kappa shape index (κ1) is 18.7. The summed E-state index contributed by atoms with van der Waals surface area (Å²) in [6, 6.07) is 5.67. The van der Waals surface area contributed by atoms with E-state index in [1.54, 1.807) is 12.1 Å². The van der Waals surface area contributed by atoms with Gasteiger partial charge in [0, 0.05) is 10.7 Å². The van der Waals surface area contributed by atoms with Gasteiger partial charge >= 0.3 is 0 Å².